The van der Waals surface area contributed by atoms with E-state index in [2.05, 4.69) is 74.5 Å². The van der Waals surface area contributed by atoms with Gasteiger partial charge in [0.2, 0.25) is 0 Å². The molecule has 0 aliphatic heterocycles. The molecular weight excluding hydrogens is 204 g/mol. The molecule has 0 unspecified atom stereocenters. The van der Waals surface area contributed by atoms with Crippen molar-refractivity contribution in [2.75, 3.05) is 0 Å². The van der Waals surface area contributed by atoms with Crippen LogP contribution in [0, 0.1) is 6.92 Å². The number of benzene rings is 2. The van der Waals surface area contributed by atoms with E-state index >= 15 is 0 Å². The van der Waals surface area contributed by atoms with Crippen LogP contribution in [0.3, 0.4) is 0 Å². The van der Waals surface area contributed by atoms with Gasteiger partial charge >= 0.3 is 0 Å². The van der Waals surface area contributed by atoms with Crippen molar-refractivity contribution in [2.45, 2.75) is 21.3 Å². The maximum Gasteiger partial charge on any atom is -0.0109 e. The zero-order chi connectivity index (χ0) is 11.4. The van der Waals surface area contributed by atoms with Gasteiger partial charge in [-0.25, -0.2) is 0 Å². The van der Waals surface area contributed by atoms with Gasteiger partial charge in [-0.1, -0.05) is 68.1 Å². The molecule has 0 aliphatic carbocycles. The summed E-state index contributed by atoms with van der Waals surface area (Å²) in [6.45, 7) is 4.20. The third kappa shape index (κ3) is 2.85. The first kappa shape index (κ1) is 13.2. The van der Waals surface area contributed by atoms with E-state index < -0.39 is 0 Å². The van der Waals surface area contributed by atoms with E-state index in [0.29, 0.717) is 0 Å². The topological polar surface area (TPSA) is 0 Å². The Bertz CT molecular complexity index is 507. The van der Waals surface area contributed by atoms with Crippen molar-refractivity contribution in [3.8, 4) is 11.1 Å². The van der Waals surface area contributed by atoms with Crippen molar-refractivity contribution in [1.29, 1.82) is 0 Å². The number of allylic oxidation sites excluding steroid dienone is 1. The van der Waals surface area contributed by atoms with Crippen molar-refractivity contribution in [1.82, 2.24) is 0 Å². The predicted molar refractivity (Wildman–Crippen MR) is 78.1 cm³/mol. The number of rotatable bonds is 2. The van der Waals surface area contributed by atoms with E-state index in [0.717, 1.165) is 0 Å². The lowest BCUT2D eigenvalue weighted by Crippen LogP contribution is -1.85. The maximum atomic E-state index is 2.18. The Hall–Kier alpha value is -1.82. The van der Waals surface area contributed by atoms with Crippen LogP contribution in [0.1, 0.15) is 25.5 Å². The highest BCUT2D eigenvalue weighted by molar-refractivity contribution is 5.77. The number of aryl methyl sites for hydroxylation is 1. The second-order valence-electron chi connectivity index (χ2n) is 3.90. The lowest BCUT2D eigenvalue weighted by atomic mass is 9.96. The Labute approximate surface area is 105 Å². The molecule has 0 saturated carbocycles. The molecule has 0 aliphatic rings. The molecule has 88 valence electrons. The van der Waals surface area contributed by atoms with Crippen molar-refractivity contribution in [3.05, 3.63) is 65.7 Å². The average molecular weight is 224 g/mol. The average Bonchev–Trinajstić information content (AvgIpc) is 2.31. The lowest BCUT2D eigenvalue weighted by Gasteiger charge is -2.09. The molecule has 17 heavy (non-hydrogen) atoms. The minimum atomic E-state index is 0. The van der Waals surface area contributed by atoms with E-state index in [-0.39, 0.29) is 7.43 Å². The molecule has 0 nitrogen and oxygen atoms in total. The van der Waals surface area contributed by atoms with Crippen LogP contribution in [0.4, 0.5) is 0 Å². The number of hydrogen-bond donors (Lipinski definition) is 0. The SMILES string of the molecule is C.C/C=C/c1ccccc1-c1ccccc1C. The standard InChI is InChI=1S/C16H16.CH4/c1-3-8-14-10-5-7-12-16(14)15-11-6-4-9-13(15)2;/h3-12H,1-2H3;1H4/b8-3+;. The normalized spacial score (nSPS) is 10.2. The molecule has 2 aromatic rings. The van der Waals surface area contributed by atoms with Gasteiger partial charge in [0.05, 0.1) is 0 Å². The smallest absolute Gasteiger partial charge is 0.0109 e. The summed E-state index contributed by atoms with van der Waals surface area (Å²) >= 11 is 0. The Kier molecular flexibility index (Phi) is 4.71. The highest BCUT2D eigenvalue weighted by Gasteiger charge is 2.03. The third-order valence-corrected chi connectivity index (χ3v) is 2.74. The summed E-state index contributed by atoms with van der Waals surface area (Å²) in [5.74, 6) is 0. The maximum absolute atomic E-state index is 2.18. The fourth-order valence-corrected chi connectivity index (χ4v) is 1.94. The molecule has 0 radical (unpaired) electrons. The van der Waals surface area contributed by atoms with Gasteiger partial charge < -0.3 is 0 Å². The Morgan fingerprint density at radius 3 is 2.06 bits per heavy atom. The summed E-state index contributed by atoms with van der Waals surface area (Å²) in [7, 11) is 0. The van der Waals surface area contributed by atoms with Crippen LogP contribution in [0.5, 0.6) is 0 Å². The van der Waals surface area contributed by atoms with Gasteiger partial charge in [-0.15, -0.1) is 0 Å². The Morgan fingerprint density at radius 1 is 0.824 bits per heavy atom. The Morgan fingerprint density at radius 2 is 1.41 bits per heavy atom. The van der Waals surface area contributed by atoms with Crippen LogP contribution in [0.25, 0.3) is 17.2 Å². The molecule has 0 fully saturated rings. The first-order chi connectivity index (χ1) is 7.83. The predicted octanol–water partition coefficient (Wildman–Crippen LogP) is 5.33. The van der Waals surface area contributed by atoms with Gasteiger partial charge in [0.15, 0.2) is 0 Å². The summed E-state index contributed by atoms with van der Waals surface area (Å²) < 4.78 is 0. The fourth-order valence-electron chi connectivity index (χ4n) is 1.94. The van der Waals surface area contributed by atoms with Gasteiger partial charge in [-0.2, -0.15) is 0 Å². The second kappa shape index (κ2) is 6.05. The molecule has 0 aromatic heterocycles. The van der Waals surface area contributed by atoms with Crippen LogP contribution in [-0.4, -0.2) is 0 Å². The number of hydrogen-bond acceptors (Lipinski definition) is 0. The quantitative estimate of drug-likeness (QED) is 0.646. The molecule has 0 spiro atoms. The monoisotopic (exact) mass is 224 g/mol. The summed E-state index contributed by atoms with van der Waals surface area (Å²) in [5, 5.41) is 0. The van der Waals surface area contributed by atoms with Crippen molar-refractivity contribution < 1.29 is 0 Å². The molecule has 0 bridgehead atoms. The first-order valence-corrected chi connectivity index (χ1v) is 5.60. The van der Waals surface area contributed by atoms with Crippen molar-refractivity contribution in [2.24, 2.45) is 0 Å². The van der Waals surface area contributed by atoms with E-state index in [1.807, 2.05) is 0 Å². The van der Waals surface area contributed by atoms with Gasteiger partial charge in [-0.05, 0) is 36.1 Å². The van der Waals surface area contributed by atoms with E-state index in [1.54, 1.807) is 0 Å². The van der Waals surface area contributed by atoms with Gasteiger partial charge in [0, 0.05) is 0 Å². The van der Waals surface area contributed by atoms with Crippen LogP contribution in [0.15, 0.2) is 54.6 Å². The highest BCUT2D eigenvalue weighted by atomic mass is 14.1. The van der Waals surface area contributed by atoms with Crippen LogP contribution < -0.4 is 0 Å². The molecule has 0 heteroatoms. The fraction of sp³-hybridized carbons (Fsp3) is 0.176. The van der Waals surface area contributed by atoms with Crippen LogP contribution >= 0.6 is 0 Å². The lowest BCUT2D eigenvalue weighted by molar-refractivity contribution is 1.45. The van der Waals surface area contributed by atoms with E-state index in [9.17, 15) is 0 Å². The van der Waals surface area contributed by atoms with Crippen molar-refractivity contribution >= 4 is 6.08 Å². The molecular formula is C17H20. The molecule has 0 saturated heterocycles. The molecule has 2 rings (SSSR count). The van der Waals surface area contributed by atoms with Gasteiger partial charge in [0.1, 0.15) is 0 Å². The van der Waals surface area contributed by atoms with Gasteiger partial charge in [0.25, 0.3) is 0 Å². The molecule has 0 atom stereocenters. The van der Waals surface area contributed by atoms with Crippen LogP contribution in [-0.2, 0) is 0 Å². The molecule has 0 N–H and O–H groups in total. The van der Waals surface area contributed by atoms with E-state index in [4.69, 9.17) is 0 Å². The Balaban J connectivity index is 0.00000144. The first-order valence-electron chi connectivity index (χ1n) is 5.60. The molecule has 0 amide bonds. The highest BCUT2D eigenvalue weighted by Crippen LogP contribution is 2.27. The summed E-state index contributed by atoms with van der Waals surface area (Å²) in [6.07, 6.45) is 4.23. The zero-order valence-corrected chi connectivity index (χ0v) is 9.77. The van der Waals surface area contributed by atoms with E-state index in [1.165, 1.54) is 22.3 Å². The minimum Gasteiger partial charge on any atom is -0.0870 e. The summed E-state index contributed by atoms with van der Waals surface area (Å²) in [5.41, 5.74) is 5.22. The molecule has 2 aromatic carbocycles. The summed E-state index contributed by atoms with van der Waals surface area (Å²) in [4.78, 5) is 0. The third-order valence-electron chi connectivity index (χ3n) is 2.74. The molecule has 0 heterocycles. The zero-order valence-electron chi connectivity index (χ0n) is 9.77. The van der Waals surface area contributed by atoms with Gasteiger partial charge in [-0.3, -0.25) is 0 Å². The minimum absolute atomic E-state index is 0. The van der Waals surface area contributed by atoms with Crippen molar-refractivity contribution in [3.63, 3.8) is 0 Å². The second-order valence-corrected chi connectivity index (χ2v) is 3.90. The van der Waals surface area contributed by atoms with Crippen LogP contribution in [0.2, 0.25) is 0 Å². The summed E-state index contributed by atoms with van der Waals surface area (Å²) in [6, 6.07) is 17.0. The largest absolute Gasteiger partial charge is 0.0870 e.